The molecule has 0 bridgehead atoms. The molecule has 0 heterocycles. The largest absolute Gasteiger partial charge is 0.0654 e. The van der Waals surface area contributed by atoms with Crippen LogP contribution in [0.25, 0.3) is 0 Å². The molecule has 0 aromatic rings. The summed E-state index contributed by atoms with van der Waals surface area (Å²) in [5.74, 6) is 1.80. The van der Waals surface area contributed by atoms with Crippen LogP contribution in [0.2, 0.25) is 0 Å². The number of hydrogen-bond donors (Lipinski definition) is 0. The van der Waals surface area contributed by atoms with Crippen LogP contribution in [-0.4, -0.2) is 0 Å². The van der Waals surface area contributed by atoms with E-state index in [4.69, 9.17) is 0 Å². The van der Waals surface area contributed by atoms with Gasteiger partial charge in [-0.15, -0.1) is 0 Å². The fourth-order valence-corrected chi connectivity index (χ4v) is 2.60. The third kappa shape index (κ3) is 9.68. The maximum Gasteiger partial charge on any atom is -0.0354 e. The van der Waals surface area contributed by atoms with E-state index >= 15 is 0 Å². The van der Waals surface area contributed by atoms with E-state index in [0.717, 1.165) is 11.8 Å². The van der Waals surface area contributed by atoms with Crippen molar-refractivity contribution in [2.45, 2.75) is 92.9 Å². The van der Waals surface area contributed by atoms with Gasteiger partial charge in [0.25, 0.3) is 0 Å². The van der Waals surface area contributed by atoms with Crippen LogP contribution in [0.15, 0.2) is 0 Å². The molecule has 17 heavy (non-hydrogen) atoms. The number of unbranched alkanes of at least 4 members (excludes halogenated alkanes) is 3. The van der Waals surface area contributed by atoms with Gasteiger partial charge in [0.05, 0.1) is 0 Å². The monoisotopic (exact) mass is 240 g/mol. The second-order valence-electron chi connectivity index (χ2n) is 7.24. The Morgan fingerprint density at radius 3 is 1.82 bits per heavy atom. The van der Waals surface area contributed by atoms with Crippen molar-refractivity contribution in [3.8, 4) is 0 Å². The minimum absolute atomic E-state index is 0.503. The molecule has 0 aliphatic carbocycles. The molecular weight excluding hydrogens is 204 g/mol. The van der Waals surface area contributed by atoms with Crippen LogP contribution in [0.4, 0.5) is 0 Å². The summed E-state index contributed by atoms with van der Waals surface area (Å²) in [5.41, 5.74) is 0.503. The van der Waals surface area contributed by atoms with Crippen LogP contribution in [0.5, 0.6) is 0 Å². The summed E-state index contributed by atoms with van der Waals surface area (Å²) in [6.07, 6.45) is 11.4. The zero-order valence-electron chi connectivity index (χ0n) is 13.3. The maximum atomic E-state index is 2.42. The molecule has 0 nitrogen and oxygen atoms in total. The van der Waals surface area contributed by atoms with Gasteiger partial charge in [-0.2, -0.15) is 0 Å². The average Bonchev–Trinajstić information content (AvgIpc) is 2.19. The van der Waals surface area contributed by atoms with Crippen LogP contribution in [0.1, 0.15) is 92.9 Å². The first-order valence-corrected chi connectivity index (χ1v) is 7.88. The standard InChI is InChI=1S/C17H36/c1-7-8-9-10-13-16(17(4,5)6)14-11-12-15(2)3/h15-16H,7-14H2,1-6H3. The molecule has 0 saturated carbocycles. The zero-order valence-corrected chi connectivity index (χ0v) is 13.3. The van der Waals surface area contributed by atoms with Crippen molar-refractivity contribution in [1.82, 2.24) is 0 Å². The highest BCUT2D eigenvalue weighted by Crippen LogP contribution is 2.34. The summed E-state index contributed by atoms with van der Waals surface area (Å²) in [6, 6.07) is 0. The quantitative estimate of drug-likeness (QED) is 0.406. The maximum absolute atomic E-state index is 2.42. The normalized spacial score (nSPS) is 14.3. The lowest BCUT2D eigenvalue weighted by atomic mass is 9.75. The minimum atomic E-state index is 0.503. The number of rotatable bonds is 9. The Kier molecular flexibility index (Phi) is 9.00. The Balaban J connectivity index is 3.90. The molecule has 0 fully saturated rings. The van der Waals surface area contributed by atoms with Crippen LogP contribution in [0.3, 0.4) is 0 Å². The molecule has 0 radical (unpaired) electrons. The van der Waals surface area contributed by atoms with Gasteiger partial charge < -0.3 is 0 Å². The lowest BCUT2D eigenvalue weighted by molar-refractivity contribution is 0.199. The Labute approximate surface area is 111 Å². The highest BCUT2D eigenvalue weighted by molar-refractivity contribution is 4.74. The first kappa shape index (κ1) is 17.0. The predicted octanol–water partition coefficient (Wildman–Crippen LogP) is 6.45. The molecule has 0 saturated heterocycles. The second kappa shape index (κ2) is 9.00. The molecule has 0 amide bonds. The Bertz CT molecular complexity index is 161. The minimum Gasteiger partial charge on any atom is -0.0654 e. The van der Waals surface area contributed by atoms with Crippen molar-refractivity contribution >= 4 is 0 Å². The van der Waals surface area contributed by atoms with Gasteiger partial charge in [-0.1, -0.05) is 80.1 Å². The summed E-state index contributed by atoms with van der Waals surface area (Å²) in [7, 11) is 0. The topological polar surface area (TPSA) is 0 Å². The van der Waals surface area contributed by atoms with Gasteiger partial charge in [0, 0.05) is 0 Å². The van der Waals surface area contributed by atoms with Gasteiger partial charge in [0.15, 0.2) is 0 Å². The van der Waals surface area contributed by atoms with Crippen LogP contribution in [0, 0.1) is 17.3 Å². The highest BCUT2D eigenvalue weighted by atomic mass is 14.3. The molecule has 104 valence electrons. The van der Waals surface area contributed by atoms with Crippen LogP contribution < -0.4 is 0 Å². The second-order valence-corrected chi connectivity index (χ2v) is 7.24. The lowest BCUT2D eigenvalue weighted by Gasteiger charge is -2.31. The number of hydrogen-bond acceptors (Lipinski definition) is 0. The van der Waals surface area contributed by atoms with E-state index in [2.05, 4.69) is 41.5 Å². The van der Waals surface area contributed by atoms with Crippen LogP contribution in [-0.2, 0) is 0 Å². The average molecular weight is 240 g/mol. The summed E-state index contributed by atoms with van der Waals surface area (Å²) < 4.78 is 0. The van der Waals surface area contributed by atoms with Crippen molar-refractivity contribution in [1.29, 1.82) is 0 Å². The van der Waals surface area contributed by atoms with Gasteiger partial charge in [-0.3, -0.25) is 0 Å². The Morgan fingerprint density at radius 1 is 0.765 bits per heavy atom. The molecule has 0 N–H and O–H groups in total. The summed E-state index contributed by atoms with van der Waals surface area (Å²) in [5, 5.41) is 0. The van der Waals surface area contributed by atoms with Crippen molar-refractivity contribution in [2.24, 2.45) is 17.3 Å². The molecule has 0 aliphatic rings. The van der Waals surface area contributed by atoms with Gasteiger partial charge in [0.1, 0.15) is 0 Å². The third-order valence-electron chi connectivity index (χ3n) is 3.96. The van der Waals surface area contributed by atoms with Crippen molar-refractivity contribution in [2.75, 3.05) is 0 Å². The van der Waals surface area contributed by atoms with E-state index in [1.54, 1.807) is 0 Å². The van der Waals surface area contributed by atoms with Gasteiger partial charge in [-0.05, 0) is 30.1 Å². The van der Waals surface area contributed by atoms with E-state index in [1.807, 2.05) is 0 Å². The van der Waals surface area contributed by atoms with E-state index in [1.165, 1.54) is 51.4 Å². The molecule has 0 heteroatoms. The molecule has 1 atom stereocenters. The Morgan fingerprint density at radius 2 is 1.35 bits per heavy atom. The fraction of sp³-hybridized carbons (Fsp3) is 1.00. The molecule has 1 unspecified atom stereocenters. The van der Waals surface area contributed by atoms with Gasteiger partial charge in [0.2, 0.25) is 0 Å². The molecule has 0 aromatic carbocycles. The zero-order chi connectivity index (χ0) is 13.3. The van der Waals surface area contributed by atoms with E-state index < -0.39 is 0 Å². The highest BCUT2D eigenvalue weighted by Gasteiger charge is 2.23. The SMILES string of the molecule is CCCCCCC(CCCC(C)C)C(C)(C)C. The van der Waals surface area contributed by atoms with Gasteiger partial charge in [-0.25, -0.2) is 0 Å². The van der Waals surface area contributed by atoms with Crippen molar-refractivity contribution in [3.05, 3.63) is 0 Å². The molecule has 0 spiro atoms. The van der Waals surface area contributed by atoms with Crippen LogP contribution >= 0.6 is 0 Å². The van der Waals surface area contributed by atoms with E-state index in [-0.39, 0.29) is 0 Å². The molecule has 0 aromatic heterocycles. The van der Waals surface area contributed by atoms with E-state index in [9.17, 15) is 0 Å². The van der Waals surface area contributed by atoms with Crippen molar-refractivity contribution < 1.29 is 0 Å². The fourth-order valence-electron chi connectivity index (χ4n) is 2.60. The first-order valence-electron chi connectivity index (χ1n) is 7.88. The first-order chi connectivity index (χ1) is 7.88. The Hall–Kier alpha value is 0. The van der Waals surface area contributed by atoms with Crippen molar-refractivity contribution in [3.63, 3.8) is 0 Å². The summed E-state index contributed by atoms with van der Waals surface area (Å²) >= 11 is 0. The lowest BCUT2D eigenvalue weighted by Crippen LogP contribution is -2.20. The molecular formula is C17H36. The van der Waals surface area contributed by atoms with Gasteiger partial charge >= 0.3 is 0 Å². The molecule has 0 aliphatic heterocycles. The summed E-state index contributed by atoms with van der Waals surface area (Å²) in [6.45, 7) is 14.2. The smallest absolute Gasteiger partial charge is 0.0354 e. The molecule has 0 rings (SSSR count). The summed E-state index contributed by atoms with van der Waals surface area (Å²) in [4.78, 5) is 0. The third-order valence-corrected chi connectivity index (χ3v) is 3.96. The predicted molar refractivity (Wildman–Crippen MR) is 80.4 cm³/mol. The van der Waals surface area contributed by atoms with E-state index in [0.29, 0.717) is 5.41 Å².